The summed E-state index contributed by atoms with van der Waals surface area (Å²) in [6.07, 6.45) is 3.52. The van der Waals surface area contributed by atoms with Gasteiger partial charge in [-0.2, -0.15) is 4.98 Å². The monoisotopic (exact) mass is 340 g/mol. The van der Waals surface area contributed by atoms with E-state index in [1.54, 1.807) is 6.08 Å². The summed E-state index contributed by atoms with van der Waals surface area (Å²) in [7, 11) is 0. The number of hydrogen-bond acceptors (Lipinski definition) is 5. The van der Waals surface area contributed by atoms with Crippen LogP contribution in [0.3, 0.4) is 0 Å². The van der Waals surface area contributed by atoms with Crippen molar-refractivity contribution in [1.82, 2.24) is 20.4 Å². The summed E-state index contributed by atoms with van der Waals surface area (Å²) >= 11 is 0. The molecule has 1 aliphatic heterocycles. The fourth-order valence-corrected chi connectivity index (χ4v) is 3.13. The summed E-state index contributed by atoms with van der Waals surface area (Å²) in [5.74, 6) is 1.63. The van der Waals surface area contributed by atoms with E-state index in [4.69, 9.17) is 4.52 Å². The zero-order valence-electron chi connectivity index (χ0n) is 14.5. The highest BCUT2D eigenvalue weighted by Crippen LogP contribution is 2.29. The minimum Gasteiger partial charge on any atom is -0.351 e. The third-order valence-electron chi connectivity index (χ3n) is 4.70. The first kappa shape index (κ1) is 17.4. The van der Waals surface area contributed by atoms with Gasteiger partial charge in [-0.1, -0.05) is 41.6 Å². The molecule has 0 spiro atoms. The van der Waals surface area contributed by atoms with E-state index >= 15 is 0 Å². The van der Waals surface area contributed by atoms with E-state index in [-0.39, 0.29) is 17.9 Å². The van der Waals surface area contributed by atoms with E-state index in [2.05, 4.69) is 26.9 Å². The SMILES string of the molecule is C=CCNC(=O)[C@@H](C)N1CCC(c2nc(-c3ccccc3)no2)CC1. The van der Waals surface area contributed by atoms with Crippen LogP contribution in [0.5, 0.6) is 0 Å². The van der Waals surface area contributed by atoms with Crippen molar-refractivity contribution in [2.75, 3.05) is 19.6 Å². The standard InChI is InChI=1S/C19H24N4O2/c1-3-11-20-18(24)14(2)23-12-9-16(10-13-23)19-21-17(22-25-19)15-7-5-4-6-8-15/h3-8,14,16H,1,9-13H2,2H3,(H,20,24)/t14-/m1/s1. The van der Waals surface area contributed by atoms with E-state index in [1.807, 2.05) is 37.3 Å². The van der Waals surface area contributed by atoms with E-state index in [9.17, 15) is 4.79 Å². The average Bonchev–Trinajstić information content (AvgIpc) is 3.16. The molecule has 1 N–H and O–H groups in total. The molecular weight excluding hydrogens is 316 g/mol. The molecule has 1 aromatic carbocycles. The Morgan fingerprint density at radius 1 is 1.40 bits per heavy atom. The molecule has 0 radical (unpaired) electrons. The predicted octanol–water partition coefficient (Wildman–Crippen LogP) is 2.61. The predicted molar refractivity (Wildman–Crippen MR) is 96.0 cm³/mol. The minimum absolute atomic E-state index is 0.0440. The molecule has 1 saturated heterocycles. The van der Waals surface area contributed by atoms with Gasteiger partial charge in [-0.05, 0) is 32.9 Å². The lowest BCUT2D eigenvalue weighted by molar-refractivity contribution is -0.126. The molecule has 2 aromatic rings. The second kappa shape index (κ2) is 8.07. The number of hydrogen-bond donors (Lipinski definition) is 1. The zero-order valence-corrected chi connectivity index (χ0v) is 14.5. The summed E-state index contributed by atoms with van der Waals surface area (Å²) in [6.45, 7) is 7.75. The van der Waals surface area contributed by atoms with Crippen LogP contribution in [-0.2, 0) is 4.79 Å². The Morgan fingerprint density at radius 3 is 2.80 bits per heavy atom. The van der Waals surface area contributed by atoms with Crippen molar-refractivity contribution in [2.24, 2.45) is 0 Å². The smallest absolute Gasteiger partial charge is 0.237 e. The van der Waals surface area contributed by atoms with Crippen LogP contribution in [0.4, 0.5) is 0 Å². The molecule has 0 bridgehead atoms. The van der Waals surface area contributed by atoms with Crippen LogP contribution in [0.2, 0.25) is 0 Å². The van der Waals surface area contributed by atoms with Gasteiger partial charge in [0, 0.05) is 18.0 Å². The lowest BCUT2D eigenvalue weighted by atomic mass is 9.95. The molecule has 6 heteroatoms. The molecule has 3 rings (SSSR count). The molecule has 1 amide bonds. The fraction of sp³-hybridized carbons (Fsp3) is 0.421. The summed E-state index contributed by atoms with van der Waals surface area (Å²) in [4.78, 5) is 18.8. The Balaban J connectivity index is 1.57. The molecule has 1 fully saturated rings. The number of nitrogens with one attached hydrogen (secondary N) is 1. The molecule has 2 heterocycles. The largest absolute Gasteiger partial charge is 0.351 e. The molecule has 0 unspecified atom stereocenters. The Bertz CT molecular complexity index is 705. The number of carbonyl (C=O) groups is 1. The highest BCUT2D eigenvalue weighted by Gasteiger charge is 2.29. The molecule has 1 atom stereocenters. The van der Waals surface area contributed by atoms with Gasteiger partial charge in [0.2, 0.25) is 17.6 Å². The number of carbonyl (C=O) groups excluding carboxylic acids is 1. The Morgan fingerprint density at radius 2 is 2.12 bits per heavy atom. The lowest BCUT2D eigenvalue weighted by Gasteiger charge is -2.34. The highest BCUT2D eigenvalue weighted by molar-refractivity contribution is 5.81. The number of amides is 1. The van der Waals surface area contributed by atoms with Crippen LogP contribution in [0.25, 0.3) is 11.4 Å². The van der Waals surface area contributed by atoms with Gasteiger partial charge in [0.15, 0.2) is 0 Å². The van der Waals surface area contributed by atoms with Crippen molar-refractivity contribution < 1.29 is 9.32 Å². The number of likely N-dealkylation sites (tertiary alicyclic amines) is 1. The number of piperidine rings is 1. The minimum atomic E-state index is -0.136. The highest BCUT2D eigenvalue weighted by atomic mass is 16.5. The maximum Gasteiger partial charge on any atom is 0.237 e. The number of nitrogens with zero attached hydrogens (tertiary/aromatic N) is 3. The molecule has 0 saturated carbocycles. The third-order valence-corrected chi connectivity index (χ3v) is 4.70. The van der Waals surface area contributed by atoms with Gasteiger partial charge >= 0.3 is 0 Å². The van der Waals surface area contributed by atoms with Gasteiger partial charge < -0.3 is 9.84 Å². The van der Waals surface area contributed by atoms with Gasteiger partial charge in [-0.15, -0.1) is 6.58 Å². The fourth-order valence-electron chi connectivity index (χ4n) is 3.13. The van der Waals surface area contributed by atoms with Crippen molar-refractivity contribution in [1.29, 1.82) is 0 Å². The van der Waals surface area contributed by atoms with Crippen molar-refractivity contribution in [3.63, 3.8) is 0 Å². The first-order valence-electron chi connectivity index (χ1n) is 8.70. The average molecular weight is 340 g/mol. The van der Waals surface area contributed by atoms with Crippen molar-refractivity contribution in [3.05, 3.63) is 48.9 Å². The lowest BCUT2D eigenvalue weighted by Crippen LogP contribution is -2.48. The Hall–Kier alpha value is -2.47. The van der Waals surface area contributed by atoms with Crippen LogP contribution in [0.1, 0.15) is 31.6 Å². The molecule has 1 aliphatic rings. The van der Waals surface area contributed by atoms with E-state index < -0.39 is 0 Å². The van der Waals surface area contributed by atoms with E-state index in [0.29, 0.717) is 18.3 Å². The molecule has 1 aromatic heterocycles. The van der Waals surface area contributed by atoms with Gasteiger partial charge in [0.25, 0.3) is 0 Å². The number of benzene rings is 1. The van der Waals surface area contributed by atoms with Crippen LogP contribution < -0.4 is 5.32 Å². The van der Waals surface area contributed by atoms with Gasteiger partial charge in [-0.25, -0.2) is 0 Å². The van der Waals surface area contributed by atoms with Crippen LogP contribution in [0, 0.1) is 0 Å². The maximum atomic E-state index is 12.1. The molecule has 0 aliphatic carbocycles. The van der Waals surface area contributed by atoms with Crippen molar-refractivity contribution >= 4 is 5.91 Å². The topological polar surface area (TPSA) is 71.3 Å². The summed E-state index contributed by atoms with van der Waals surface area (Å²) in [6, 6.07) is 9.70. The normalized spacial score (nSPS) is 17.2. The van der Waals surface area contributed by atoms with Gasteiger partial charge in [-0.3, -0.25) is 9.69 Å². The van der Waals surface area contributed by atoms with E-state index in [1.165, 1.54) is 0 Å². The van der Waals surface area contributed by atoms with Gasteiger partial charge in [0.1, 0.15) is 0 Å². The first-order chi connectivity index (χ1) is 12.2. The van der Waals surface area contributed by atoms with Gasteiger partial charge in [0.05, 0.1) is 6.04 Å². The van der Waals surface area contributed by atoms with Crippen LogP contribution in [0.15, 0.2) is 47.5 Å². The summed E-state index contributed by atoms with van der Waals surface area (Å²) < 4.78 is 5.48. The van der Waals surface area contributed by atoms with Crippen LogP contribution in [-0.4, -0.2) is 46.6 Å². The summed E-state index contributed by atoms with van der Waals surface area (Å²) in [5.41, 5.74) is 0.961. The molecular formula is C19H24N4O2. The zero-order chi connectivity index (χ0) is 17.6. The Kier molecular flexibility index (Phi) is 5.60. The Labute approximate surface area is 147 Å². The van der Waals surface area contributed by atoms with Crippen LogP contribution >= 0.6 is 0 Å². The summed E-state index contributed by atoms with van der Waals surface area (Å²) in [5, 5.41) is 6.96. The first-order valence-corrected chi connectivity index (χ1v) is 8.70. The second-order valence-electron chi connectivity index (χ2n) is 6.34. The number of aromatic nitrogens is 2. The quantitative estimate of drug-likeness (QED) is 0.819. The van der Waals surface area contributed by atoms with E-state index in [0.717, 1.165) is 31.5 Å². The molecule has 6 nitrogen and oxygen atoms in total. The second-order valence-corrected chi connectivity index (χ2v) is 6.34. The molecule has 132 valence electrons. The third kappa shape index (κ3) is 4.14. The van der Waals surface area contributed by atoms with Crippen molar-refractivity contribution in [2.45, 2.75) is 31.7 Å². The maximum absolute atomic E-state index is 12.1. The molecule has 25 heavy (non-hydrogen) atoms. The number of rotatable bonds is 6. The van der Waals surface area contributed by atoms with Crippen molar-refractivity contribution in [3.8, 4) is 11.4 Å².